The number of H-pyrrole nitrogens is 1. The Labute approximate surface area is 148 Å². The first kappa shape index (κ1) is 16.2. The summed E-state index contributed by atoms with van der Waals surface area (Å²) in [5.41, 5.74) is 7.21. The van der Waals surface area contributed by atoms with E-state index in [1.165, 1.54) is 4.57 Å². The number of hydrogen-bond acceptors (Lipinski definition) is 7. The monoisotopic (exact) mass is 357 g/mol. The lowest BCUT2D eigenvalue weighted by Crippen LogP contribution is -2.18. The van der Waals surface area contributed by atoms with Gasteiger partial charge in [-0.25, -0.2) is 4.79 Å². The van der Waals surface area contributed by atoms with Crippen LogP contribution in [0.25, 0.3) is 11.2 Å². The number of nitrogens with zero attached hydrogens (tertiary/aromatic N) is 3. The quantitative estimate of drug-likeness (QED) is 0.674. The van der Waals surface area contributed by atoms with Crippen LogP contribution in [-0.4, -0.2) is 39.8 Å². The molecule has 0 aliphatic carbocycles. The Morgan fingerprint density at radius 1 is 1.23 bits per heavy atom. The van der Waals surface area contributed by atoms with Crippen LogP contribution >= 0.6 is 0 Å². The van der Waals surface area contributed by atoms with Crippen molar-refractivity contribution in [3.63, 3.8) is 0 Å². The molecule has 0 saturated heterocycles. The fourth-order valence-electron chi connectivity index (χ4n) is 2.94. The largest absolute Gasteiger partial charge is 0.496 e. The summed E-state index contributed by atoms with van der Waals surface area (Å²) in [5, 5.41) is 0. The van der Waals surface area contributed by atoms with Crippen molar-refractivity contribution in [2.75, 3.05) is 26.1 Å². The highest BCUT2D eigenvalue weighted by molar-refractivity contribution is 5.82. The summed E-state index contributed by atoms with van der Waals surface area (Å²) in [7, 11) is 1.59. The van der Waals surface area contributed by atoms with E-state index in [1.54, 1.807) is 7.11 Å². The first-order chi connectivity index (χ1) is 12.7. The van der Waals surface area contributed by atoms with Gasteiger partial charge in [0.15, 0.2) is 11.5 Å². The summed E-state index contributed by atoms with van der Waals surface area (Å²) < 4.78 is 18.3. The highest BCUT2D eigenvalue weighted by Gasteiger charge is 2.17. The van der Waals surface area contributed by atoms with Crippen molar-refractivity contribution in [3.8, 4) is 17.5 Å². The predicted octanol–water partition coefficient (Wildman–Crippen LogP) is 1.31. The molecule has 0 atom stereocenters. The maximum Gasteiger partial charge on any atom is 0.328 e. The first-order valence-electron chi connectivity index (χ1n) is 8.34. The zero-order valence-electron chi connectivity index (χ0n) is 14.3. The highest BCUT2D eigenvalue weighted by Crippen LogP contribution is 2.26. The number of nitrogens with two attached hydrogens (primary N) is 1. The second-order valence-corrected chi connectivity index (χ2v) is 5.98. The predicted molar refractivity (Wildman–Crippen MR) is 94.9 cm³/mol. The van der Waals surface area contributed by atoms with Crippen molar-refractivity contribution in [2.45, 2.75) is 19.4 Å². The third kappa shape index (κ3) is 2.92. The topological polar surface area (TPSA) is 117 Å². The lowest BCUT2D eigenvalue weighted by Gasteiger charge is -2.13. The first-order valence-corrected chi connectivity index (χ1v) is 8.34. The molecule has 9 heteroatoms. The Bertz CT molecular complexity index is 1010. The molecule has 1 aromatic carbocycles. The Kier molecular flexibility index (Phi) is 4.11. The van der Waals surface area contributed by atoms with Crippen molar-refractivity contribution >= 4 is 17.0 Å². The Morgan fingerprint density at radius 3 is 2.85 bits per heavy atom. The van der Waals surface area contributed by atoms with Crippen LogP contribution in [0.1, 0.15) is 18.4 Å². The third-order valence-electron chi connectivity index (χ3n) is 4.25. The van der Waals surface area contributed by atoms with Crippen molar-refractivity contribution in [3.05, 3.63) is 34.2 Å². The Hall–Kier alpha value is -3.23. The number of hydrogen-bond donors (Lipinski definition) is 2. The molecule has 0 fully saturated rings. The van der Waals surface area contributed by atoms with Crippen LogP contribution in [0.2, 0.25) is 0 Å². The molecule has 3 N–H and O–H groups in total. The van der Waals surface area contributed by atoms with Crippen LogP contribution < -0.4 is 25.6 Å². The van der Waals surface area contributed by atoms with Gasteiger partial charge in [-0.15, -0.1) is 0 Å². The number of benzene rings is 1. The number of rotatable bonds is 1. The maximum atomic E-state index is 12.5. The minimum absolute atomic E-state index is 0.154. The van der Waals surface area contributed by atoms with Gasteiger partial charge in [-0.2, -0.15) is 9.97 Å². The van der Waals surface area contributed by atoms with Crippen molar-refractivity contribution < 1.29 is 14.2 Å². The van der Waals surface area contributed by atoms with E-state index in [0.717, 1.165) is 24.2 Å². The van der Waals surface area contributed by atoms with Gasteiger partial charge in [-0.3, -0.25) is 4.57 Å². The zero-order chi connectivity index (χ0) is 18.1. The number of methoxy groups -OCH3 is 1. The number of anilines is 1. The second-order valence-electron chi connectivity index (χ2n) is 5.98. The van der Waals surface area contributed by atoms with Gasteiger partial charge in [0.1, 0.15) is 17.0 Å². The summed E-state index contributed by atoms with van der Waals surface area (Å²) in [5.74, 6) is 1.56. The lowest BCUT2D eigenvalue weighted by atomic mass is 10.2. The summed E-state index contributed by atoms with van der Waals surface area (Å²) in [6, 6.07) is 5.70. The minimum atomic E-state index is -0.335. The van der Waals surface area contributed by atoms with E-state index >= 15 is 0 Å². The smallest absolute Gasteiger partial charge is 0.328 e. The molecule has 26 heavy (non-hydrogen) atoms. The molecule has 0 unspecified atom stereocenters. The van der Waals surface area contributed by atoms with Gasteiger partial charge in [0.2, 0.25) is 0 Å². The van der Waals surface area contributed by atoms with Gasteiger partial charge in [-0.1, -0.05) is 0 Å². The minimum Gasteiger partial charge on any atom is -0.496 e. The molecule has 0 amide bonds. The van der Waals surface area contributed by atoms with Gasteiger partial charge < -0.3 is 24.9 Å². The van der Waals surface area contributed by atoms with Crippen LogP contribution in [0.5, 0.6) is 17.5 Å². The molecule has 9 nitrogen and oxygen atoms in total. The van der Waals surface area contributed by atoms with E-state index in [2.05, 4.69) is 15.0 Å². The molecule has 0 saturated carbocycles. The molecule has 3 aromatic rings. The normalized spacial score (nSPS) is 14.5. The molecule has 1 aliphatic heterocycles. The Balaban J connectivity index is 1.89. The summed E-state index contributed by atoms with van der Waals surface area (Å²) in [6.45, 7) is 1.25. The van der Waals surface area contributed by atoms with Gasteiger partial charge in [0.25, 0.3) is 0 Å². The van der Waals surface area contributed by atoms with Crippen molar-refractivity contribution in [1.29, 1.82) is 0 Å². The van der Waals surface area contributed by atoms with Crippen LogP contribution in [0, 0.1) is 0 Å². The molecule has 0 spiro atoms. The van der Waals surface area contributed by atoms with Gasteiger partial charge in [0, 0.05) is 5.56 Å². The molecule has 1 aliphatic rings. The van der Waals surface area contributed by atoms with Crippen LogP contribution in [-0.2, 0) is 6.54 Å². The van der Waals surface area contributed by atoms with E-state index in [4.69, 9.17) is 19.9 Å². The number of ether oxygens (including phenoxy) is 3. The molecule has 4 rings (SSSR count). The molecule has 136 valence electrons. The third-order valence-corrected chi connectivity index (χ3v) is 4.25. The van der Waals surface area contributed by atoms with Crippen molar-refractivity contribution in [2.24, 2.45) is 0 Å². The maximum absolute atomic E-state index is 12.5. The second kappa shape index (κ2) is 6.58. The molecule has 4 bridgehead atoms. The standard InChI is InChI=1S/C17H19N5O4/c1-24-12-5-4-11-8-10(12)9-22-15-13(19-17(22)23)14(18)20-16(21-15)26-7-3-2-6-25-11/h4-5,8H,2-3,6-7,9H2,1H3,(H,19,23)(H2,18,20,21). The van der Waals surface area contributed by atoms with Crippen LogP contribution in [0.15, 0.2) is 23.0 Å². The molecule has 2 aromatic heterocycles. The van der Waals surface area contributed by atoms with E-state index in [-0.39, 0.29) is 24.1 Å². The molecule has 3 heterocycles. The van der Waals surface area contributed by atoms with Crippen LogP contribution in [0.4, 0.5) is 5.82 Å². The molecular weight excluding hydrogens is 338 g/mol. The molecule has 0 radical (unpaired) electrons. The van der Waals surface area contributed by atoms with E-state index in [0.29, 0.717) is 30.1 Å². The van der Waals surface area contributed by atoms with Gasteiger partial charge in [0.05, 0.1) is 26.9 Å². The number of nitrogen functional groups attached to an aromatic ring is 1. The average Bonchev–Trinajstić information content (AvgIpc) is 2.94. The van der Waals surface area contributed by atoms with E-state index in [1.807, 2.05) is 18.2 Å². The zero-order valence-corrected chi connectivity index (χ0v) is 14.3. The Morgan fingerprint density at radius 2 is 2.04 bits per heavy atom. The number of fused-ring (bicyclic) bond motifs is 3. The van der Waals surface area contributed by atoms with Gasteiger partial charge in [-0.05, 0) is 31.0 Å². The summed E-state index contributed by atoms with van der Waals surface area (Å²) >= 11 is 0. The van der Waals surface area contributed by atoms with Crippen LogP contribution in [0.3, 0.4) is 0 Å². The summed E-state index contributed by atoms with van der Waals surface area (Å²) in [6.07, 6.45) is 1.61. The number of imidazole rings is 1. The average molecular weight is 357 g/mol. The van der Waals surface area contributed by atoms with Gasteiger partial charge >= 0.3 is 11.7 Å². The number of aromatic nitrogens is 4. The molecular formula is C17H19N5O4. The number of nitrogens with one attached hydrogen (secondary N) is 1. The summed E-state index contributed by atoms with van der Waals surface area (Å²) in [4.78, 5) is 23.6. The van der Waals surface area contributed by atoms with Crippen molar-refractivity contribution in [1.82, 2.24) is 19.5 Å². The fraction of sp³-hybridized carbons (Fsp3) is 0.353. The number of aromatic amines is 1. The SMILES string of the molecule is COc1ccc2cc1Cn1c(=O)[nH]c3c(N)nc(nc31)OCCCCO2. The highest BCUT2D eigenvalue weighted by atomic mass is 16.5. The fourth-order valence-corrected chi connectivity index (χ4v) is 2.94. The van der Waals surface area contributed by atoms with E-state index in [9.17, 15) is 4.79 Å². The lowest BCUT2D eigenvalue weighted by molar-refractivity contribution is 0.255. The van der Waals surface area contributed by atoms with E-state index < -0.39 is 0 Å².